The number of allylic oxidation sites excluding steroid dienone is 1. The molecule has 8 nitrogen and oxygen atoms in total. The molecule has 4 N–H and O–H groups in total. The minimum atomic E-state index is -1.51. The summed E-state index contributed by atoms with van der Waals surface area (Å²) in [5.74, 6) is -0.279. The molecule has 1 amide bonds. The van der Waals surface area contributed by atoms with Crippen LogP contribution >= 0.6 is 0 Å². The summed E-state index contributed by atoms with van der Waals surface area (Å²) in [6.07, 6.45) is 1.08. The van der Waals surface area contributed by atoms with E-state index in [0.29, 0.717) is 18.8 Å². The minimum Gasteiger partial charge on any atom is -0.463 e. The number of ether oxygens (including phenoxy) is 2. The van der Waals surface area contributed by atoms with Crippen molar-refractivity contribution in [3.05, 3.63) is 12.7 Å². The monoisotopic (exact) mass is 401 g/mol. The first kappa shape index (κ1) is 24.6. The average molecular weight is 402 g/mol. The van der Waals surface area contributed by atoms with Gasteiger partial charge in [0, 0.05) is 12.8 Å². The summed E-state index contributed by atoms with van der Waals surface area (Å²) in [7, 11) is 0. The molecule has 0 aliphatic carbocycles. The Kier molecular flexibility index (Phi) is 11.3. The predicted octanol–water partition coefficient (Wildman–Crippen LogP) is 1.03. The first-order chi connectivity index (χ1) is 13.3. The van der Waals surface area contributed by atoms with Crippen LogP contribution in [0.4, 0.5) is 0 Å². The number of aliphatic hydroxyl groups excluding tert-OH is 3. The van der Waals surface area contributed by atoms with Gasteiger partial charge in [0.05, 0.1) is 0 Å². The average Bonchev–Trinajstić information content (AvgIpc) is 2.66. The Balaban J connectivity index is 2.41. The second-order valence-corrected chi connectivity index (χ2v) is 7.26. The number of nitrogens with one attached hydrogen (secondary N) is 1. The highest BCUT2D eigenvalue weighted by Gasteiger charge is 2.44. The Morgan fingerprint density at radius 2 is 1.93 bits per heavy atom. The van der Waals surface area contributed by atoms with Gasteiger partial charge in [-0.1, -0.05) is 26.3 Å². The molecule has 0 aromatic rings. The van der Waals surface area contributed by atoms with E-state index in [4.69, 9.17) is 9.47 Å². The van der Waals surface area contributed by atoms with Gasteiger partial charge in [-0.2, -0.15) is 0 Å². The van der Waals surface area contributed by atoms with Crippen molar-refractivity contribution in [1.82, 2.24) is 5.32 Å². The van der Waals surface area contributed by atoms with Crippen LogP contribution in [0.5, 0.6) is 0 Å². The molecule has 1 rings (SSSR count). The number of rotatable bonds is 12. The summed E-state index contributed by atoms with van der Waals surface area (Å²) in [6, 6.07) is -1.14. The standard InChI is InChI=1S/C20H35NO7/c1-4-8-13(6-3)10-7-11-16(23)27-12-14-18(24)19(25)17(20(26)28-14)21-15(22)9-5-2/h4,13-14,17-20,24-26H,1,5-12H2,2-3H3,(H,21,22)/t13?,14-,17-,18-,19-,20?/m1/s1. The molecule has 0 radical (unpaired) electrons. The molecule has 2 unspecified atom stereocenters. The van der Waals surface area contributed by atoms with E-state index in [1.165, 1.54) is 0 Å². The highest BCUT2D eigenvalue weighted by molar-refractivity contribution is 5.76. The van der Waals surface area contributed by atoms with Crippen LogP contribution in [0.3, 0.4) is 0 Å². The number of hydrogen-bond donors (Lipinski definition) is 4. The summed E-state index contributed by atoms with van der Waals surface area (Å²) in [4.78, 5) is 23.6. The third-order valence-corrected chi connectivity index (χ3v) is 5.00. The van der Waals surface area contributed by atoms with Crippen molar-refractivity contribution in [3.63, 3.8) is 0 Å². The molecule has 1 heterocycles. The van der Waals surface area contributed by atoms with Crippen LogP contribution < -0.4 is 5.32 Å². The molecule has 1 aliphatic heterocycles. The molecule has 0 aromatic carbocycles. The molecule has 0 bridgehead atoms. The molecule has 8 heteroatoms. The molecule has 1 fully saturated rings. The van der Waals surface area contributed by atoms with Gasteiger partial charge in [-0.3, -0.25) is 9.59 Å². The van der Waals surface area contributed by atoms with Crippen molar-refractivity contribution < 1.29 is 34.4 Å². The van der Waals surface area contributed by atoms with E-state index in [0.717, 1.165) is 19.3 Å². The number of amides is 1. The van der Waals surface area contributed by atoms with Gasteiger partial charge >= 0.3 is 5.97 Å². The zero-order valence-electron chi connectivity index (χ0n) is 16.9. The molecular weight excluding hydrogens is 366 g/mol. The van der Waals surface area contributed by atoms with Crippen molar-refractivity contribution in [2.24, 2.45) is 5.92 Å². The molecule has 6 atom stereocenters. The third-order valence-electron chi connectivity index (χ3n) is 5.00. The van der Waals surface area contributed by atoms with Gasteiger partial charge < -0.3 is 30.1 Å². The fourth-order valence-corrected chi connectivity index (χ4v) is 3.23. The summed E-state index contributed by atoms with van der Waals surface area (Å²) in [6.45, 7) is 7.37. The van der Waals surface area contributed by atoms with E-state index >= 15 is 0 Å². The van der Waals surface area contributed by atoms with Crippen LogP contribution in [0.2, 0.25) is 0 Å². The van der Waals surface area contributed by atoms with E-state index in [-0.39, 0.29) is 25.4 Å². The normalized spacial score (nSPS) is 28.4. The lowest BCUT2D eigenvalue weighted by Crippen LogP contribution is -2.64. The Bertz CT molecular complexity index is 499. The number of esters is 1. The van der Waals surface area contributed by atoms with Gasteiger partial charge in [0.15, 0.2) is 6.29 Å². The van der Waals surface area contributed by atoms with Crippen LogP contribution in [0, 0.1) is 5.92 Å². The maximum Gasteiger partial charge on any atom is 0.305 e. The number of aliphatic hydroxyl groups is 3. The third kappa shape index (κ3) is 7.87. The van der Waals surface area contributed by atoms with Gasteiger partial charge in [-0.25, -0.2) is 0 Å². The van der Waals surface area contributed by atoms with Crippen LogP contribution in [0.25, 0.3) is 0 Å². The lowest BCUT2D eigenvalue weighted by atomic mass is 9.96. The summed E-state index contributed by atoms with van der Waals surface area (Å²) >= 11 is 0. The van der Waals surface area contributed by atoms with Crippen molar-refractivity contribution in [1.29, 1.82) is 0 Å². The van der Waals surface area contributed by atoms with Crippen molar-refractivity contribution in [2.45, 2.75) is 89.4 Å². The Hall–Kier alpha value is -1.48. The smallest absolute Gasteiger partial charge is 0.305 e. The Morgan fingerprint density at radius 1 is 1.21 bits per heavy atom. The van der Waals surface area contributed by atoms with E-state index in [2.05, 4.69) is 18.8 Å². The predicted molar refractivity (Wildman–Crippen MR) is 103 cm³/mol. The maximum atomic E-state index is 11.9. The van der Waals surface area contributed by atoms with Crippen LogP contribution in [0.15, 0.2) is 12.7 Å². The summed E-state index contributed by atoms with van der Waals surface area (Å²) < 4.78 is 10.4. The zero-order chi connectivity index (χ0) is 21.1. The molecular formula is C20H35NO7. The first-order valence-electron chi connectivity index (χ1n) is 10.1. The zero-order valence-corrected chi connectivity index (χ0v) is 16.9. The van der Waals surface area contributed by atoms with Gasteiger partial charge in [-0.05, 0) is 31.6 Å². The fraction of sp³-hybridized carbons (Fsp3) is 0.800. The number of hydrogen-bond acceptors (Lipinski definition) is 7. The molecule has 1 aliphatic rings. The van der Waals surface area contributed by atoms with Crippen LogP contribution in [0.1, 0.15) is 58.8 Å². The number of carbonyl (C=O) groups is 2. The van der Waals surface area contributed by atoms with Gasteiger partial charge in [0.25, 0.3) is 0 Å². The topological polar surface area (TPSA) is 125 Å². The SMILES string of the molecule is C=CCC(CC)CCCC(=O)OC[C@H]1OC(O)[C@H](NC(=O)CCC)[C@@H](O)[C@@H]1O. The molecule has 162 valence electrons. The van der Waals surface area contributed by atoms with E-state index in [1.807, 2.05) is 13.0 Å². The quantitative estimate of drug-likeness (QED) is 0.284. The van der Waals surface area contributed by atoms with Crippen molar-refractivity contribution in [2.75, 3.05) is 6.61 Å². The van der Waals surface area contributed by atoms with Gasteiger partial charge in [-0.15, -0.1) is 6.58 Å². The van der Waals surface area contributed by atoms with E-state index in [1.54, 1.807) is 0 Å². The Morgan fingerprint density at radius 3 is 2.54 bits per heavy atom. The fourth-order valence-electron chi connectivity index (χ4n) is 3.23. The van der Waals surface area contributed by atoms with Crippen molar-refractivity contribution >= 4 is 11.9 Å². The first-order valence-corrected chi connectivity index (χ1v) is 10.1. The highest BCUT2D eigenvalue weighted by atomic mass is 16.6. The minimum absolute atomic E-state index is 0.235. The lowest BCUT2D eigenvalue weighted by molar-refractivity contribution is -0.255. The second-order valence-electron chi connectivity index (χ2n) is 7.26. The molecule has 0 spiro atoms. The summed E-state index contributed by atoms with van der Waals surface area (Å²) in [5.41, 5.74) is 0. The van der Waals surface area contributed by atoms with Crippen LogP contribution in [-0.2, 0) is 19.1 Å². The van der Waals surface area contributed by atoms with Gasteiger partial charge in [0.2, 0.25) is 5.91 Å². The molecule has 0 aromatic heterocycles. The lowest BCUT2D eigenvalue weighted by Gasteiger charge is -2.40. The van der Waals surface area contributed by atoms with E-state index < -0.39 is 36.6 Å². The van der Waals surface area contributed by atoms with Crippen molar-refractivity contribution in [3.8, 4) is 0 Å². The van der Waals surface area contributed by atoms with Gasteiger partial charge in [0.1, 0.15) is 31.0 Å². The molecule has 1 saturated heterocycles. The largest absolute Gasteiger partial charge is 0.463 e. The molecule has 0 saturated carbocycles. The number of carbonyl (C=O) groups excluding carboxylic acids is 2. The molecule has 28 heavy (non-hydrogen) atoms. The highest BCUT2D eigenvalue weighted by Crippen LogP contribution is 2.21. The summed E-state index contributed by atoms with van der Waals surface area (Å²) in [5, 5.41) is 32.9. The van der Waals surface area contributed by atoms with Crippen LogP contribution in [-0.4, -0.2) is 64.4 Å². The maximum absolute atomic E-state index is 11.9. The second kappa shape index (κ2) is 12.9. The Labute approximate surface area is 166 Å². The van der Waals surface area contributed by atoms with E-state index in [9.17, 15) is 24.9 Å².